The molecule has 76 valence electrons. The third-order valence-corrected chi connectivity index (χ3v) is 2.05. The highest BCUT2D eigenvalue weighted by Crippen LogP contribution is 2.41. The normalized spacial score (nSPS) is 17.5. The van der Waals surface area contributed by atoms with Crippen LogP contribution in [0.4, 0.5) is 11.4 Å². The lowest BCUT2D eigenvalue weighted by Crippen LogP contribution is -2.08. The summed E-state index contributed by atoms with van der Waals surface area (Å²) in [6.07, 6.45) is 0. The zero-order chi connectivity index (χ0) is 11.0. The molecule has 0 fully saturated rings. The highest BCUT2D eigenvalue weighted by atomic mass is 16.6. The maximum absolute atomic E-state index is 10.8. The van der Waals surface area contributed by atoms with E-state index in [1.807, 2.05) is 0 Å². The minimum atomic E-state index is -1.26. The van der Waals surface area contributed by atoms with Crippen LogP contribution in [0.15, 0.2) is 28.4 Å². The van der Waals surface area contributed by atoms with E-state index in [4.69, 9.17) is 5.11 Å². The highest BCUT2D eigenvalue weighted by Gasteiger charge is 2.34. The molecule has 1 aliphatic heterocycles. The van der Waals surface area contributed by atoms with Crippen LogP contribution >= 0.6 is 0 Å². The van der Waals surface area contributed by atoms with Crippen LogP contribution in [0.3, 0.4) is 0 Å². The second kappa shape index (κ2) is 3.12. The summed E-state index contributed by atoms with van der Waals surface area (Å²) in [5, 5.41) is 26.5. The number of fused-ring (bicyclic) bond motifs is 1. The monoisotopic (exact) mass is 207 g/mol. The van der Waals surface area contributed by atoms with E-state index in [0.717, 1.165) is 0 Å². The van der Waals surface area contributed by atoms with Gasteiger partial charge >= 0.3 is 5.97 Å². The van der Waals surface area contributed by atoms with Crippen molar-refractivity contribution in [1.82, 2.24) is 0 Å². The molecule has 0 aliphatic carbocycles. The van der Waals surface area contributed by atoms with E-state index >= 15 is 0 Å². The average Bonchev–Trinajstić information content (AvgIpc) is 2.60. The van der Waals surface area contributed by atoms with Crippen molar-refractivity contribution in [3.8, 4) is 0 Å². The molecule has 1 heterocycles. The first-order valence-corrected chi connectivity index (χ1v) is 4.02. The first-order chi connectivity index (χ1) is 7.11. The molecule has 0 unspecified atom stereocenters. The van der Waals surface area contributed by atoms with Gasteiger partial charge in [0.15, 0.2) is 0 Å². The van der Waals surface area contributed by atoms with Gasteiger partial charge in [0.25, 0.3) is 5.69 Å². The molecule has 0 amide bonds. The molecule has 1 aromatic rings. The van der Waals surface area contributed by atoms with Gasteiger partial charge in [-0.25, -0.2) is 4.79 Å². The Morgan fingerprint density at radius 2 is 2.27 bits per heavy atom. The summed E-state index contributed by atoms with van der Waals surface area (Å²) in [5.41, 5.74) is 0.0384. The zero-order valence-corrected chi connectivity index (χ0v) is 7.32. The molecule has 1 atom stereocenters. The van der Waals surface area contributed by atoms with Crippen molar-refractivity contribution in [3.05, 3.63) is 33.9 Å². The van der Waals surface area contributed by atoms with Crippen molar-refractivity contribution in [3.63, 3.8) is 0 Å². The number of hydrogen-bond donors (Lipinski definition) is 1. The first kappa shape index (κ1) is 9.25. The van der Waals surface area contributed by atoms with Crippen LogP contribution in [0.2, 0.25) is 0 Å². The van der Waals surface area contributed by atoms with Crippen LogP contribution in [0.1, 0.15) is 11.6 Å². The number of carboxylic acid groups (broad SMARTS) is 1. The number of azo groups is 1. The fraction of sp³-hybridized carbons (Fsp3) is 0.125. The van der Waals surface area contributed by atoms with Crippen molar-refractivity contribution in [2.75, 3.05) is 0 Å². The number of carbonyl (C=O) groups is 1. The second-order valence-electron chi connectivity index (χ2n) is 2.92. The molecule has 7 heteroatoms. The van der Waals surface area contributed by atoms with E-state index in [1.54, 1.807) is 0 Å². The Morgan fingerprint density at radius 3 is 2.87 bits per heavy atom. The van der Waals surface area contributed by atoms with Gasteiger partial charge in [0, 0.05) is 6.07 Å². The predicted octanol–water partition coefficient (Wildman–Crippen LogP) is 1.82. The number of rotatable bonds is 2. The Kier molecular flexibility index (Phi) is 1.93. The second-order valence-corrected chi connectivity index (χ2v) is 2.92. The minimum absolute atomic E-state index is 0.0509. The van der Waals surface area contributed by atoms with Crippen molar-refractivity contribution in [1.29, 1.82) is 0 Å². The van der Waals surface area contributed by atoms with E-state index in [1.165, 1.54) is 18.2 Å². The van der Waals surface area contributed by atoms with Gasteiger partial charge in [-0.3, -0.25) is 10.1 Å². The lowest BCUT2D eigenvalue weighted by Gasteiger charge is -2.02. The largest absolute Gasteiger partial charge is 0.479 e. The number of aliphatic carboxylic acids is 1. The lowest BCUT2D eigenvalue weighted by atomic mass is 10.0. The molecule has 0 radical (unpaired) electrons. The summed E-state index contributed by atoms with van der Waals surface area (Å²) in [6, 6.07) is 2.92. The van der Waals surface area contributed by atoms with E-state index in [-0.39, 0.29) is 16.9 Å². The Balaban J connectivity index is 2.62. The predicted molar refractivity (Wildman–Crippen MR) is 48.0 cm³/mol. The Bertz CT molecular complexity index is 483. The fourth-order valence-corrected chi connectivity index (χ4v) is 1.42. The van der Waals surface area contributed by atoms with Gasteiger partial charge in [-0.05, 0) is 6.07 Å². The topological polar surface area (TPSA) is 105 Å². The minimum Gasteiger partial charge on any atom is -0.479 e. The fourth-order valence-electron chi connectivity index (χ4n) is 1.42. The van der Waals surface area contributed by atoms with E-state index in [0.29, 0.717) is 0 Å². The maximum Gasteiger partial charge on any atom is 0.335 e. The van der Waals surface area contributed by atoms with Crippen molar-refractivity contribution in [2.24, 2.45) is 10.2 Å². The SMILES string of the molecule is O=C(O)[C@@H]1N=Nc2cccc([N+](=O)[O-])c21. The molecule has 1 aliphatic rings. The van der Waals surface area contributed by atoms with Crippen molar-refractivity contribution in [2.45, 2.75) is 6.04 Å². The summed E-state index contributed by atoms with van der Waals surface area (Å²) < 4.78 is 0. The summed E-state index contributed by atoms with van der Waals surface area (Å²) in [7, 11) is 0. The van der Waals surface area contributed by atoms with Crippen LogP contribution in [-0.4, -0.2) is 16.0 Å². The van der Waals surface area contributed by atoms with Gasteiger partial charge in [-0.1, -0.05) is 6.07 Å². The first-order valence-electron chi connectivity index (χ1n) is 4.02. The molecule has 1 N–H and O–H groups in total. The summed E-state index contributed by atoms with van der Waals surface area (Å²) in [6.45, 7) is 0. The smallest absolute Gasteiger partial charge is 0.335 e. The maximum atomic E-state index is 10.8. The quantitative estimate of drug-likeness (QED) is 0.589. The summed E-state index contributed by atoms with van der Waals surface area (Å²) in [4.78, 5) is 20.8. The molecule has 0 saturated heterocycles. The van der Waals surface area contributed by atoms with Gasteiger partial charge in [0.05, 0.1) is 16.2 Å². The van der Waals surface area contributed by atoms with Crippen LogP contribution in [0.5, 0.6) is 0 Å². The number of hydrogen-bond acceptors (Lipinski definition) is 5. The van der Waals surface area contributed by atoms with Crippen LogP contribution in [0, 0.1) is 10.1 Å². The van der Waals surface area contributed by atoms with E-state index in [9.17, 15) is 14.9 Å². The Hall–Kier alpha value is -2.31. The van der Waals surface area contributed by atoms with Gasteiger partial charge in [0.2, 0.25) is 6.04 Å². The Morgan fingerprint density at radius 1 is 1.53 bits per heavy atom. The van der Waals surface area contributed by atoms with Gasteiger partial charge in [0.1, 0.15) is 0 Å². The molecular formula is C8H5N3O4. The van der Waals surface area contributed by atoms with E-state index in [2.05, 4.69) is 10.2 Å². The third kappa shape index (κ3) is 1.33. The molecule has 2 rings (SSSR count). The van der Waals surface area contributed by atoms with Crippen LogP contribution in [-0.2, 0) is 4.79 Å². The summed E-state index contributed by atoms with van der Waals surface area (Å²) in [5.74, 6) is -1.24. The van der Waals surface area contributed by atoms with E-state index < -0.39 is 16.9 Å². The lowest BCUT2D eigenvalue weighted by molar-refractivity contribution is -0.385. The number of benzene rings is 1. The number of nitro groups is 1. The molecule has 1 aromatic carbocycles. The average molecular weight is 207 g/mol. The Labute approximate surface area is 83.2 Å². The zero-order valence-electron chi connectivity index (χ0n) is 7.32. The van der Waals surface area contributed by atoms with Crippen molar-refractivity contribution < 1.29 is 14.8 Å². The van der Waals surface area contributed by atoms with Crippen LogP contribution < -0.4 is 0 Å². The van der Waals surface area contributed by atoms with Crippen LogP contribution in [0.25, 0.3) is 0 Å². The van der Waals surface area contributed by atoms with Gasteiger partial charge in [-0.15, -0.1) is 0 Å². The number of nitrogens with zero attached hydrogens (tertiary/aromatic N) is 3. The number of carboxylic acids is 1. The van der Waals surface area contributed by atoms with Gasteiger partial charge in [-0.2, -0.15) is 10.2 Å². The molecule has 0 aromatic heterocycles. The third-order valence-electron chi connectivity index (χ3n) is 2.05. The standard InChI is InChI=1S/C8H5N3O4/c12-8(13)7-6-4(9-10-7)2-1-3-5(6)11(14)15/h1-3,7H,(H,12,13)/t7-/m1/s1. The highest BCUT2D eigenvalue weighted by molar-refractivity contribution is 5.81. The molecule has 0 bridgehead atoms. The van der Waals surface area contributed by atoms with Gasteiger partial charge < -0.3 is 5.11 Å². The molecule has 15 heavy (non-hydrogen) atoms. The molecule has 7 nitrogen and oxygen atoms in total. The molecule has 0 spiro atoms. The van der Waals surface area contributed by atoms with Crippen molar-refractivity contribution >= 4 is 17.3 Å². The summed E-state index contributed by atoms with van der Waals surface area (Å²) >= 11 is 0. The number of nitro benzene ring substituents is 1. The molecular weight excluding hydrogens is 202 g/mol. The molecule has 0 saturated carbocycles.